The summed E-state index contributed by atoms with van der Waals surface area (Å²) in [5.41, 5.74) is 0.491. The number of carboxylic acids is 1. The number of carbonyl (C=O) groups is 2. The molecule has 0 spiro atoms. The van der Waals surface area contributed by atoms with E-state index in [1.165, 1.54) is 0 Å². The van der Waals surface area contributed by atoms with E-state index in [1.54, 1.807) is 30.3 Å². The summed E-state index contributed by atoms with van der Waals surface area (Å²) in [6, 6.07) is 8.27. The van der Waals surface area contributed by atoms with Gasteiger partial charge in [-0.25, -0.2) is 0 Å². The second kappa shape index (κ2) is 7.01. The molecule has 1 unspecified atom stereocenters. The third kappa shape index (κ3) is 5.81. The second-order valence-corrected chi connectivity index (χ2v) is 5.71. The molecule has 0 aromatic heterocycles. The van der Waals surface area contributed by atoms with Crippen molar-refractivity contribution in [3.8, 4) is 0 Å². The molecule has 1 amide bonds. The number of carboxylic acid groups (broad SMARTS) is 1. The Balaban J connectivity index is 2.59. The molecule has 1 rings (SSSR count). The van der Waals surface area contributed by atoms with Crippen molar-refractivity contribution in [1.29, 1.82) is 0 Å². The van der Waals surface area contributed by atoms with E-state index in [9.17, 15) is 18.0 Å². The lowest BCUT2D eigenvalue weighted by atomic mass is 9.95. The lowest BCUT2D eigenvalue weighted by Gasteiger charge is -2.12. The van der Waals surface area contributed by atoms with Gasteiger partial charge in [0.15, 0.2) is 0 Å². The zero-order valence-electron chi connectivity index (χ0n) is 10.5. The zero-order valence-corrected chi connectivity index (χ0v) is 11.3. The molecule has 1 aromatic rings. The SMILES string of the molecule is O=C(CC(C(=O)O)c1ccccc1)NCCS(=O)(=O)O. The molecule has 0 saturated carbocycles. The van der Waals surface area contributed by atoms with E-state index in [2.05, 4.69) is 5.32 Å². The maximum Gasteiger partial charge on any atom is 0.311 e. The highest BCUT2D eigenvalue weighted by Gasteiger charge is 2.23. The van der Waals surface area contributed by atoms with Crippen LogP contribution in [0.3, 0.4) is 0 Å². The Labute approximate surface area is 116 Å². The lowest BCUT2D eigenvalue weighted by molar-refractivity contribution is -0.140. The smallest absolute Gasteiger partial charge is 0.311 e. The van der Waals surface area contributed by atoms with Crippen LogP contribution in [-0.4, -0.2) is 42.3 Å². The van der Waals surface area contributed by atoms with Crippen LogP contribution in [0.1, 0.15) is 17.9 Å². The average molecular weight is 301 g/mol. The lowest BCUT2D eigenvalue weighted by Crippen LogP contribution is -2.31. The Hall–Kier alpha value is -1.93. The zero-order chi connectivity index (χ0) is 15.2. The minimum Gasteiger partial charge on any atom is -0.481 e. The summed E-state index contributed by atoms with van der Waals surface area (Å²) >= 11 is 0. The van der Waals surface area contributed by atoms with Crippen LogP contribution in [0.15, 0.2) is 30.3 Å². The molecule has 0 aliphatic rings. The fourth-order valence-electron chi connectivity index (χ4n) is 1.61. The molecule has 20 heavy (non-hydrogen) atoms. The number of rotatable bonds is 7. The predicted molar refractivity (Wildman–Crippen MR) is 70.9 cm³/mol. The molecule has 8 heteroatoms. The molecule has 7 nitrogen and oxygen atoms in total. The van der Waals surface area contributed by atoms with Gasteiger partial charge in [-0.1, -0.05) is 30.3 Å². The van der Waals surface area contributed by atoms with Gasteiger partial charge in [0.25, 0.3) is 10.1 Å². The van der Waals surface area contributed by atoms with Gasteiger partial charge in [-0.15, -0.1) is 0 Å². The summed E-state index contributed by atoms with van der Waals surface area (Å²) in [5, 5.41) is 11.4. The number of aliphatic carboxylic acids is 1. The van der Waals surface area contributed by atoms with Gasteiger partial charge in [-0.3, -0.25) is 14.1 Å². The number of hydrogen-bond acceptors (Lipinski definition) is 4. The topological polar surface area (TPSA) is 121 Å². The van der Waals surface area contributed by atoms with Crippen molar-refractivity contribution >= 4 is 22.0 Å². The summed E-state index contributed by atoms with van der Waals surface area (Å²) in [6.07, 6.45) is -0.301. The summed E-state index contributed by atoms with van der Waals surface area (Å²) in [4.78, 5) is 22.7. The van der Waals surface area contributed by atoms with Crippen LogP contribution in [0.25, 0.3) is 0 Å². The van der Waals surface area contributed by atoms with Crippen LogP contribution < -0.4 is 5.32 Å². The second-order valence-electron chi connectivity index (χ2n) is 4.14. The highest BCUT2D eigenvalue weighted by atomic mass is 32.2. The molecule has 3 N–H and O–H groups in total. The normalized spacial score (nSPS) is 12.7. The Morgan fingerprint density at radius 3 is 2.30 bits per heavy atom. The number of benzene rings is 1. The van der Waals surface area contributed by atoms with Gasteiger partial charge >= 0.3 is 5.97 Å². The monoisotopic (exact) mass is 301 g/mol. The van der Waals surface area contributed by atoms with Gasteiger partial charge in [0.1, 0.15) is 0 Å². The largest absolute Gasteiger partial charge is 0.481 e. The van der Waals surface area contributed by atoms with Gasteiger partial charge in [-0.05, 0) is 5.56 Å². The van der Waals surface area contributed by atoms with Gasteiger partial charge in [0, 0.05) is 13.0 Å². The maximum atomic E-state index is 11.6. The molecular formula is C12H15NO6S. The molecule has 0 bridgehead atoms. The Bertz CT molecular complexity index is 569. The number of hydrogen-bond donors (Lipinski definition) is 3. The molecule has 0 radical (unpaired) electrons. The van der Waals surface area contributed by atoms with Crippen LogP contribution in [0.5, 0.6) is 0 Å². The van der Waals surface area contributed by atoms with Crippen molar-refractivity contribution in [2.75, 3.05) is 12.3 Å². The summed E-state index contributed by atoms with van der Waals surface area (Å²) in [5.74, 6) is -3.34. The van der Waals surface area contributed by atoms with Crippen LogP contribution in [-0.2, 0) is 19.7 Å². The van der Waals surface area contributed by atoms with Gasteiger partial charge < -0.3 is 10.4 Å². The fourth-order valence-corrected chi connectivity index (χ4v) is 1.97. The molecule has 0 saturated heterocycles. The van der Waals surface area contributed by atoms with E-state index in [1.807, 2.05) is 0 Å². The van der Waals surface area contributed by atoms with Gasteiger partial charge in [-0.2, -0.15) is 8.42 Å². The van der Waals surface area contributed by atoms with Crippen molar-refractivity contribution in [2.45, 2.75) is 12.3 Å². The van der Waals surface area contributed by atoms with Crippen LogP contribution in [0.4, 0.5) is 0 Å². The molecule has 0 aliphatic heterocycles. The summed E-state index contributed by atoms with van der Waals surface area (Å²) in [6.45, 7) is -0.265. The van der Waals surface area contributed by atoms with E-state index in [0.717, 1.165) is 0 Å². The molecule has 110 valence electrons. The van der Waals surface area contributed by atoms with Crippen molar-refractivity contribution in [3.05, 3.63) is 35.9 Å². The number of amides is 1. The van der Waals surface area contributed by atoms with E-state index in [-0.39, 0.29) is 13.0 Å². The molecule has 0 heterocycles. The first-order valence-corrected chi connectivity index (χ1v) is 7.40. The van der Waals surface area contributed by atoms with E-state index >= 15 is 0 Å². The van der Waals surface area contributed by atoms with Crippen molar-refractivity contribution in [3.63, 3.8) is 0 Å². The first-order valence-electron chi connectivity index (χ1n) is 5.79. The quantitative estimate of drug-likeness (QED) is 0.621. The maximum absolute atomic E-state index is 11.6. The van der Waals surface area contributed by atoms with E-state index in [0.29, 0.717) is 5.56 Å². The first-order chi connectivity index (χ1) is 9.29. The van der Waals surface area contributed by atoms with E-state index < -0.39 is 33.7 Å². The van der Waals surface area contributed by atoms with Crippen molar-refractivity contribution in [1.82, 2.24) is 5.32 Å². The summed E-state index contributed by atoms with van der Waals surface area (Å²) in [7, 11) is -4.15. The third-order valence-corrected chi connectivity index (χ3v) is 3.29. The molecule has 0 fully saturated rings. The van der Waals surface area contributed by atoms with Crippen molar-refractivity contribution < 1.29 is 27.7 Å². The summed E-state index contributed by atoms with van der Waals surface area (Å²) < 4.78 is 29.5. The molecule has 1 aromatic carbocycles. The first kappa shape index (κ1) is 16.1. The predicted octanol–water partition coefficient (Wildman–Crippen LogP) is 0.249. The minimum absolute atomic E-state index is 0.265. The standard InChI is InChI=1S/C12H15NO6S/c14-11(13-6-7-20(17,18)19)8-10(12(15)16)9-4-2-1-3-5-9/h1-5,10H,6-8H2,(H,13,14)(H,15,16)(H,17,18,19). The molecule has 0 aliphatic carbocycles. The number of carbonyl (C=O) groups excluding carboxylic acids is 1. The van der Waals surface area contributed by atoms with Gasteiger partial charge in [0.2, 0.25) is 5.91 Å². The third-order valence-electron chi connectivity index (χ3n) is 2.57. The Morgan fingerprint density at radius 1 is 1.20 bits per heavy atom. The van der Waals surface area contributed by atoms with E-state index in [4.69, 9.17) is 9.66 Å². The molecular weight excluding hydrogens is 286 g/mol. The minimum atomic E-state index is -4.15. The Morgan fingerprint density at radius 2 is 1.80 bits per heavy atom. The van der Waals surface area contributed by atoms with Crippen LogP contribution >= 0.6 is 0 Å². The highest BCUT2D eigenvalue weighted by Crippen LogP contribution is 2.19. The van der Waals surface area contributed by atoms with Crippen LogP contribution in [0, 0.1) is 0 Å². The van der Waals surface area contributed by atoms with Crippen LogP contribution in [0.2, 0.25) is 0 Å². The molecule has 1 atom stereocenters. The van der Waals surface area contributed by atoms with Crippen molar-refractivity contribution in [2.24, 2.45) is 0 Å². The van der Waals surface area contributed by atoms with Gasteiger partial charge in [0.05, 0.1) is 11.7 Å². The highest BCUT2D eigenvalue weighted by molar-refractivity contribution is 7.85. The average Bonchev–Trinajstić information content (AvgIpc) is 2.35. The Kier molecular flexibility index (Phi) is 5.66. The number of nitrogens with one attached hydrogen (secondary N) is 1. The fraction of sp³-hybridized carbons (Fsp3) is 0.333.